The first-order valence-electron chi connectivity index (χ1n) is 8.29. The molecule has 4 rings (SSSR count). The lowest BCUT2D eigenvalue weighted by molar-refractivity contribution is -0.137. The van der Waals surface area contributed by atoms with Crippen molar-refractivity contribution < 1.29 is 22.6 Å². The summed E-state index contributed by atoms with van der Waals surface area (Å²) >= 11 is 0. The summed E-state index contributed by atoms with van der Waals surface area (Å²) in [4.78, 5) is 4.24. The number of anilines is 2. The molecule has 0 unspecified atom stereocenters. The Hall–Kier alpha value is -3.22. The van der Waals surface area contributed by atoms with Crippen LogP contribution in [0.1, 0.15) is 5.56 Å². The smallest absolute Gasteiger partial charge is 0.416 e. The average molecular weight is 372 g/mol. The summed E-state index contributed by atoms with van der Waals surface area (Å²) in [7, 11) is 0. The third kappa shape index (κ3) is 3.81. The number of hydrogen-bond donors (Lipinski definition) is 1. The van der Waals surface area contributed by atoms with E-state index in [0.717, 1.165) is 17.8 Å². The highest BCUT2D eigenvalue weighted by atomic mass is 19.4. The standard InChI is InChI=1S/C20H15F3N2O2/c21-20(22,23)15-3-1-2-13(10-15)14-6-7-24-19(11-14)25-16-4-5-17-18(12-16)27-9-8-26-17/h1-7,10-12H,8-9H2,(H,24,25). The quantitative estimate of drug-likeness (QED) is 0.679. The summed E-state index contributed by atoms with van der Waals surface area (Å²) in [5.74, 6) is 1.83. The molecule has 0 bridgehead atoms. The van der Waals surface area contributed by atoms with Crippen molar-refractivity contribution in [2.45, 2.75) is 6.18 Å². The molecule has 1 aromatic heterocycles. The van der Waals surface area contributed by atoms with Gasteiger partial charge < -0.3 is 14.8 Å². The fourth-order valence-electron chi connectivity index (χ4n) is 2.82. The molecule has 0 amide bonds. The van der Waals surface area contributed by atoms with Gasteiger partial charge in [-0.05, 0) is 47.5 Å². The fraction of sp³-hybridized carbons (Fsp3) is 0.150. The summed E-state index contributed by atoms with van der Waals surface area (Å²) < 4.78 is 49.9. The van der Waals surface area contributed by atoms with E-state index in [1.165, 1.54) is 6.07 Å². The van der Waals surface area contributed by atoms with Crippen LogP contribution in [0.15, 0.2) is 60.8 Å². The van der Waals surface area contributed by atoms with Crippen LogP contribution in [-0.2, 0) is 6.18 Å². The van der Waals surface area contributed by atoms with Gasteiger partial charge in [0.2, 0.25) is 0 Å². The van der Waals surface area contributed by atoms with E-state index >= 15 is 0 Å². The van der Waals surface area contributed by atoms with E-state index in [4.69, 9.17) is 9.47 Å². The van der Waals surface area contributed by atoms with Crippen LogP contribution in [0.5, 0.6) is 11.5 Å². The summed E-state index contributed by atoms with van der Waals surface area (Å²) in [6, 6.07) is 14.0. The van der Waals surface area contributed by atoms with E-state index < -0.39 is 11.7 Å². The van der Waals surface area contributed by atoms with E-state index in [1.807, 2.05) is 6.07 Å². The second-order valence-electron chi connectivity index (χ2n) is 5.99. The Kier molecular flexibility index (Phi) is 4.35. The molecule has 7 heteroatoms. The molecule has 3 aromatic rings. The summed E-state index contributed by atoms with van der Waals surface area (Å²) in [6.07, 6.45) is -2.83. The van der Waals surface area contributed by atoms with Gasteiger partial charge in [-0.25, -0.2) is 4.98 Å². The van der Waals surface area contributed by atoms with Gasteiger partial charge in [0.15, 0.2) is 11.5 Å². The van der Waals surface area contributed by atoms with Crippen molar-refractivity contribution >= 4 is 11.5 Å². The first kappa shape index (κ1) is 17.2. The Morgan fingerprint density at radius 3 is 2.44 bits per heavy atom. The summed E-state index contributed by atoms with van der Waals surface area (Å²) in [6.45, 7) is 1.00. The van der Waals surface area contributed by atoms with Gasteiger partial charge in [-0.1, -0.05) is 12.1 Å². The van der Waals surface area contributed by atoms with Crippen LogP contribution in [0.4, 0.5) is 24.7 Å². The number of pyridine rings is 1. The van der Waals surface area contributed by atoms with Crippen molar-refractivity contribution in [2.75, 3.05) is 18.5 Å². The Bertz CT molecular complexity index is 973. The van der Waals surface area contributed by atoms with Crippen molar-refractivity contribution in [3.8, 4) is 22.6 Å². The minimum Gasteiger partial charge on any atom is -0.486 e. The van der Waals surface area contributed by atoms with E-state index in [9.17, 15) is 13.2 Å². The van der Waals surface area contributed by atoms with Gasteiger partial charge in [-0.3, -0.25) is 0 Å². The molecule has 0 saturated carbocycles. The van der Waals surface area contributed by atoms with Gasteiger partial charge in [0.05, 0.1) is 5.56 Å². The Labute approximate surface area is 153 Å². The van der Waals surface area contributed by atoms with Crippen LogP contribution in [0.2, 0.25) is 0 Å². The predicted molar refractivity (Wildman–Crippen MR) is 95.4 cm³/mol. The molecule has 2 heterocycles. The molecule has 138 valence electrons. The maximum Gasteiger partial charge on any atom is 0.416 e. The molecule has 0 spiro atoms. The lowest BCUT2D eigenvalue weighted by Crippen LogP contribution is -2.15. The third-order valence-electron chi connectivity index (χ3n) is 4.10. The van der Waals surface area contributed by atoms with Gasteiger partial charge in [0.25, 0.3) is 0 Å². The minimum absolute atomic E-state index is 0.470. The minimum atomic E-state index is -4.38. The predicted octanol–water partition coefficient (Wildman–Crippen LogP) is 5.28. The maximum atomic E-state index is 12.9. The summed E-state index contributed by atoms with van der Waals surface area (Å²) in [5, 5.41) is 3.14. The van der Waals surface area contributed by atoms with Crippen molar-refractivity contribution in [2.24, 2.45) is 0 Å². The first-order chi connectivity index (χ1) is 13.0. The molecule has 0 fully saturated rings. The largest absolute Gasteiger partial charge is 0.486 e. The normalized spacial score (nSPS) is 13.3. The fourth-order valence-corrected chi connectivity index (χ4v) is 2.82. The molecule has 0 radical (unpaired) electrons. The monoisotopic (exact) mass is 372 g/mol. The lowest BCUT2D eigenvalue weighted by Gasteiger charge is -2.19. The zero-order valence-corrected chi connectivity index (χ0v) is 14.1. The number of hydrogen-bond acceptors (Lipinski definition) is 4. The van der Waals surface area contributed by atoms with E-state index in [2.05, 4.69) is 10.3 Å². The molecule has 1 aliphatic heterocycles. The van der Waals surface area contributed by atoms with Crippen LogP contribution in [0.25, 0.3) is 11.1 Å². The number of benzene rings is 2. The topological polar surface area (TPSA) is 43.4 Å². The van der Waals surface area contributed by atoms with Gasteiger partial charge in [0, 0.05) is 18.0 Å². The van der Waals surface area contributed by atoms with Gasteiger partial charge in [0.1, 0.15) is 19.0 Å². The Morgan fingerprint density at radius 2 is 1.63 bits per heavy atom. The number of fused-ring (bicyclic) bond motifs is 1. The maximum absolute atomic E-state index is 12.9. The van der Waals surface area contributed by atoms with Crippen LogP contribution < -0.4 is 14.8 Å². The SMILES string of the molecule is FC(F)(F)c1cccc(-c2ccnc(Nc3ccc4c(c3)OCCO4)c2)c1. The van der Waals surface area contributed by atoms with Crippen molar-refractivity contribution in [3.63, 3.8) is 0 Å². The number of halogens is 3. The van der Waals surface area contributed by atoms with Crippen LogP contribution >= 0.6 is 0 Å². The number of alkyl halides is 3. The highest BCUT2D eigenvalue weighted by Gasteiger charge is 2.30. The third-order valence-corrected chi connectivity index (χ3v) is 4.10. The van der Waals surface area contributed by atoms with Crippen LogP contribution in [-0.4, -0.2) is 18.2 Å². The second-order valence-corrected chi connectivity index (χ2v) is 5.99. The Balaban J connectivity index is 1.60. The molecule has 0 atom stereocenters. The van der Waals surface area contributed by atoms with E-state index in [1.54, 1.807) is 36.5 Å². The number of ether oxygens (including phenoxy) is 2. The first-order valence-corrected chi connectivity index (χ1v) is 8.29. The average Bonchev–Trinajstić information content (AvgIpc) is 2.68. The number of nitrogens with zero attached hydrogens (tertiary/aromatic N) is 1. The van der Waals surface area contributed by atoms with Crippen LogP contribution in [0.3, 0.4) is 0 Å². The zero-order chi connectivity index (χ0) is 18.9. The van der Waals surface area contributed by atoms with Gasteiger partial charge in [-0.15, -0.1) is 0 Å². The highest BCUT2D eigenvalue weighted by Crippen LogP contribution is 2.35. The molecule has 0 aliphatic carbocycles. The molecule has 1 aliphatic rings. The second kappa shape index (κ2) is 6.83. The van der Waals surface area contributed by atoms with Gasteiger partial charge >= 0.3 is 6.18 Å². The number of nitrogens with one attached hydrogen (secondary N) is 1. The zero-order valence-electron chi connectivity index (χ0n) is 14.1. The molecule has 27 heavy (non-hydrogen) atoms. The lowest BCUT2D eigenvalue weighted by atomic mass is 10.0. The molecule has 0 saturated heterocycles. The molecule has 2 aromatic carbocycles. The number of aromatic nitrogens is 1. The number of rotatable bonds is 3. The molecular weight excluding hydrogens is 357 g/mol. The molecular formula is C20H15F3N2O2. The van der Waals surface area contributed by atoms with Crippen molar-refractivity contribution in [3.05, 3.63) is 66.4 Å². The van der Waals surface area contributed by atoms with Gasteiger partial charge in [-0.2, -0.15) is 13.2 Å². The van der Waals surface area contributed by atoms with Crippen LogP contribution in [0, 0.1) is 0 Å². The summed E-state index contributed by atoms with van der Waals surface area (Å²) in [5.41, 5.74) is 1.17. The highest BCUT2D eigenvalue weighted by molar-refractivity contribution is 5.70. The van der Waals surface area contributed by atoms with E-state index in [-0.39, 0.29) is 0 Å². The molecule has 1 N–H and O–H groups in total. The van der Waals surface area contributed by atoms with Crippen molar-refractivity contribution in [1.82, 2.24) is 4.98 Å². The Morgan fingerprint density at radius 1 is 0.852 bits per heavy atom. The molecule has 4 nitrogen and oxygen atoms in total. The van der Waals surface area contributed by atoms with E-state index in [0.29, 0.717) is 41.7 Å². The van der Waals surface area contributed by atoms with Crippen molar-refractivity contribution in [1.29, 1.82) is 0 Å².